The molecular formula is C13H24NO. The Balaban J connectivity index is 2.01. The summed E-state index contributed by atoms with van der Waals surface area (Å²) in [6.07, 6.45) is 10.7. The Morgan fingerprint density at radius 2 is 1.93 bits per heavy atom. The van der Waals surface area contributed by atoms with Gasteiger partial charge in [-0.1, -0.05) is 39.0 Å². The molecule has 2 nitrogen and oxygen atoms in total. The molecule has 0 saturated heterocycles. The maximum atomic E-state index is 11.5. The molecule has 1 rings (SSSR count). The van der Waals surface area contributed by atoms with Gasteiger partial charge in [-0.3, -0.25) is 10.1 Å². The quantitative estimate of drug-likeness (QED) is 0.619. The molecule has 0 aliphatic heterocycles. The molecule has 1 radical (unpaired) electrons. The van der Waals surface area contributed by atoms with E-state index >= 15 is 0 Å². The van der Waals surface area contributed by atoms with E-state index < -0.39 is 0 Å². The third kappa shape index (κ3) is 5.81. The Hall–Kier alpha value is -0.530. The third-order valence-electron chi connectivity index (χ3n) is 3.24. The van der Waals surface area contributed by atoms with Gasteiger partial charge in [0.25, 0.3) is 0 Å². The highest BCUT2D eigenvalue weighted by Gasteiger charge is 2.17. The summed E-state index contributed by atoms with van der Waals surface area (Å²) in [5.41, 5.74) is 0. The fraction of sp³-hybridized carbons (Fsp3) is 0.923. The van der Waals surface area contributed by atoms with Crippen LogP contribution in [0.5, 0.6) is 0 Å². The van der Waals surface area contributed by atoms with Crippen LogP contribution in [0.3, 0.4) is 0 Å². The summed E-state index contributed by atoms with van der Waals surface area (Å²) in [4.78, 5) is 11.5. The molecule has 0 unspecified atom stereocenters. The van der Waals surface area contributed by atoms with Crippen LogP contribution in [0.1, 0.15) is 64.7 Å². The highest BCUT2D eigenvalue weighted by atomic mass is 16.1. The Kier molecular flexibility index (Phi) is 6.45. The summed E-state index contributed by atoms with van der Waals surface area (Å²) in [6.45, 7) is 2.92. The molecule has 0 spiro atoms. The van der Waals surface area contributed by atoms with Gasteiger partial charge >= 0.3 is 0 Å². The van der Waals surface area contributed by atoms with E-state index in [2.05, 4.69) is 12.2 Å². The lowest BCUT2D eigenvalue weighted by Gasteiger charge is -2.20. The second kappa shape index (κ2) is 7.72. The lowest BCUT2D eigenvalue weighted by Crippen LogP contribution is -2.21. The first kappa shape index (κ1) is 12.5. The van der Waals surface area contributed by atoms with Crippen LogP contribution in [-0.2, 0) is 4.79 Å². The molecule has 2 heteroatoms. The molecular weight excluding hydrogens is 186 g/mol. The largest absolute Gasteiger partial charge is 0.273 e. The number of hydrogen-bond donors (Lipinski definition) is 0. The summed E-state index contributed by atoms with van der Waals surface area (Å²) in [5, 5.41) is 4.12. The summed E-state index contributed by atoms with van der Waals surface area (Å²) in [7, 11) is 0. The first-order valence-electron chi connectivity index (χ1n) is 6.53. The molecule has 1 fully saturated rings. The van der Waals surface area contributed by atoms with Crippen molar-refractivity contribution in [2.45, 2.75) is 64.7 Å². The van der Waals surface area contributed by atoms with Gasteiger partial charge in [0, 0.05) is 13.0 Å². The van der Waals surface area contributed by atoms with Crippen molar-refractivity contribution < 1.29 is 4.79 Å². The number of rotatable bonds is 6. The number of carbonyl (C=O) groups is 1. The molecule has 0 aromatic heterocycles. The minimum Gasteiger partial charge on any atom is -0.273 e. The van der Waals surface area contributed by atoms with E-state index in [0.29, 0.717) is 12.3 Å². The van der Waals surface area contributed by atoms with Gasteiger partial charge in [0.05, 0.1) is 0 Å². The molecule has 0 atom stereocenters. The van der Waals surface area contributed by atoms with Gasteiger partial charge in [0.1, 0.15) is 0 Å². The van der Waals surface area contributed by atoms with Crippen molar-refractivity contribution in [1.29, 1.82) is 0 Å². The van der Waals surface area contributed by atoms with Crippen molar-refractivity contribution in [3.8, 4) is 0 Å². The molecule has 1 aliphatic carbocycles. The van der Waals surface area contributed by atoms with Crippen LogP contribution in [-0.4, -0.2) is 12.5 Å². The van der Waals surface area contributed by atoms with Crippen molar-refractivity contribution in [2.24, 2.45) is 5.92 Å². The summed E-state index contributed by atoms with van der Waals surface area (Å²) in [5.74, 6) is 0.791. The molecule has 0 aromatic rings. The third-order valence-corrected chi connectivity index (χ3v) is 3.24. The van der Waals surface area contributed by atoms with E-state index in [4.69, 9.17) is 0 Å². The van der Waals surface area contributed by atoms with Crippen LogP contribution in [0.2, 0.25) is 0 Å². The topological polar surface area (TPSA) is 31.2 Å². The van der Waals surface area contributed by atoms with Crippen LogP contribution >= 0.6 is 0 Å². The van der Waals surface area contributed by atoms with E-state index in [-0.39, 0.29) is 5.91 Å². The number of carbonyl (C=O) groups excluding carboxylic acids is 1. The first-order chi connectivity index (χ1) is 7.33. The van der Waals surface area contributed by atoms with Crippen LogP contribution in [0.4, 0.5) is 0 Å². The lowest BCUT2D eigenvalue weighted by atomic mass is 9.87. The summed E-state index contributed by atoms with van der Waals surface area (Å²) < 4.78 is 0. The van der Waals surface area contributed by atoms with E-state index in [1.807, 2.05) is 0 Å². The predicted molar refractivity (Wildman–Crippen MR) is 62.7 cm³/mol. The van der Waals surface area contributed by atoms with E-state index in [0.717, 1.165) is 13.0 Å². The van der Waals surface area contributed by atoms with Crippen molar-refractivity contribution in [3.05, 3.63) is 0 Å². The van der Waals surface area contributed by atoms with Crippen molar-refractivity contribution >= 4 is 5.91 Å². The van der Waals surface area contributed by atoms with Gasteiger partial charge < -0.3 is 0 Å². The van der Waals surface area contributed by atoms with Gasteiger partial charge in [-0.25, -0.2) is 0 Å². The molecule has 1 aliphatic rings. The SMILES string of the molecule is CCCCC[N]C(=O)CC1CCCCC1. The number of unbranched alkanes of at least 4 members (excludes halogenated alkanes) is 2. The van der Waals surface area contributed by atoms with Crippen molar-refractivity contribution in [2.75, 3.05) is 6.54 Å². The first-order valence-corrected chi connectivity index (χ1v) is 6.53. The van der Waals surface area contributed by atoms with Crippen LogP contribution < -0.4 is 5.32 Å². The number of hydrogen-bond acceptors (Lipinski definition) is 1. The molecule has 0 N–H and O–H groups in total. The second-order valence-corrected chi connectivity index (χ2v) is 4.69. The van der Waals surface area contributed by atoms with Crippen LogP contribution in [0.25, 0.3) is 0 Å². The smallest absolute Gasteiger partial charge is 0.241 e. The maximum absolute atomic E-state index is 11.5. The number of amides is 1. The molecule has 0 aromatic carbocycles. The Bertz CT molecular complexity index is 173. The highest BCUT2D eigenvalue weighted by molar-refractivity contribution is 5.75. The average molecular weight is 210 g/mol. The monoisotopic (exact) mass is 210 g/mol. The zero-order valence-corrected chi connectivity index (χ0v) is 10.0. The molecule has 0 heterocycles. The van der Waals surface area contributed by atoms with E-state index in [1.54, 1.807) is 0 Å². The zero-order valence-electron chi connectivity index (χ0n) is 10.0. The minimum absolute atomic E-state index is 0.151. The minimum atomic E-state index is 0.151. The van der Waals surface area contributed by atoms with Crippen molar-refractivity contribution in [3.63, 3.8) is 0 Å². The van der Waals surface area contributed by atoms with Crippen LogP contribution in [0, 0.1) is 5.92 Å². The van der Waals surface area contributed by atoms with Gasteiger partial charge in [-0.15, -0.1) is 0 Å². The normalized spacial score (nSPS) is 17.7. The fourth-order valence-electron chi connectivity index (χ4n) is 2.27. The number of nitrogens with zero attached hydrogens (tertiary/aromatic N) is 1. The maximum Gasteiger partial charge on any atom is 0.241 e. The van der Waals surface area contributed by atoms with Gasteiger partial charge in [0.15, 0.2) is 0 Å². The molecule has 1 saturated carbocycles. The Morgan fingerprint density at radius 3 is 2.60 bits per heavy atom. The summed E-state index contributed by atoms with van der Waals surface area (Å²) in [6, 6.07) is 0. The Labute approximate surface area is 93.8 Å². The predicted octanol–water partition coefficient (Wildman–Crippen LogP) is 3.28. The van der Waals surface area contributed by atoms with Crippen LogP contribution in [0.15, 0.2) is 0 Å². The van der Waals surface area contributed by atoms with Crippen molar-refractivity contribution in [1.82, 2.24) is 5.32 Å². The van der Waals surface area contributed by atoms with Gasteiger partial charge in [-0.2, -0.15) is 0 Å². The standard InChI is InChI=1S/C13H24NO/c1-2-3-7-10-14-13(15)11-12-8-5-4-6-9-12/h12H,2-11H2,1H3. The molecule has 15 heavy (non-hydrogen) atoms. The lowest BCUT2D eigenvalue weighted by molar-refractivity contribution is -0.122. The molecule has 87 valence electrons. The fourth-order valence-corrected chi connectivity index (χ4v) is 2.27. The molecule has 1 amide bonds. The second-order valence-electron chi connectivity index (χ2n) is 4.69. The average Bonchev–Trinajstić information content (AvgIpc) is 2.26. The van der Waals surface area contributed by atoms with Gasteiger partial charge in [-0.05, 0) is 25.2 Å². The van der Waals surface area contributed by atoms with Gasteiger partial charge in [0.2, 0.25) is 5.91 Å². The highest BCUT2D eigenvalue weighted by Crippen LogP contribution is 2.26. The van der Waals surface area contributed by atoms with E-state index in [9.17, 15) is 4.79 Å². The summed E-state index contributed by atoms with van der Waals surface area (Å²) >= 11 is 0. The molecule has 0 bridgehead atoms. The van der Waals surface area contributed by atoms with E-state index in [1.165, 1.54) is 44.9 Å². The zero-order chi connectivity index (χ0) is 10.9. The Morgan fingerprint density at radius 1 is 1.20 bits per heavy atom.